The number of fused-ring (bicyclic) bond motifs is 1. The molecule has 0 unspecified atom stereocenters. The number of aromatic nitrogens is 2. The molecule has 0 atom stereocenters. The number of rotatable bonds is 4. The topological polar surface area (TPSA) is 76.3 Å². The van der Waals surface area contributed by atoms with Crippen LogP contribution in [0, 0.1) is 0 Å². The molecule has 0 bridgehead atoms. The number of carbonyl (C=O) groups is 1. The highest BCUT2D eigenvalue weighted by atomic mass is 35.5. The van der Waals surface area contributed by atoms with Crippen LogP contribution in [0.15, 0.2) is 24.3 Å². The number of likely N-dealkylation sites (N-methyl/N-ethyl adjacent to an activating group) is 1. The smallest absolute Gasteiger partial charge is 0.276 e. The van der Waals surface area contributed by atoms with Gasteiger partial charge in [-0.25, -0.2) is 0 Å². The van der Waals surface area contributed by atoms with Crippen LogP contribution in [0.1, 0.15) is 27.3 Å². The van der Waals surface area contributed by atoms with Crippen molar-refractivity contribution in [3.8, 4) is 0 Å². The Bertz CT molecular complexity index is 784. The monoisotopic (exact) mass is 390 g/mol. The summed E-state index contributed by atoms with van der Waals surface area (Å²) in [7, 11) is 2.16. The Hall–Kier alpha value is -1.93. The van der Waals surface area contributed by atoms with Gasteiger partial charge in [0.1, 0.15) is 0 Å². The van der Waals surface area contributed by atoms with Gasteiger partial charge in [-0.15, -0.1) is 12.4 Å². The Morgan fingerprint density at radius 2 is 2.07 bits per heavy atom. The molecule has 3 N–H and O–H groups in total. The summed E-state index contributed by atoms with van der Waals surface area (Å²) < 4.78 is 0. The normalized spacial score (nSPS) is 17.8. The summed E-state index contributed by atoms with van der Waals surface area (Å²) >= 11 is 0. The third kappa shape index (κ3) is 4.68. The molecule has 0 saturated carbocycles. The molecule has 1 amide bonds. The predicted molar refractivity (Wildman–Crippen MR) is 108 cm³/mol. The van der Waals surface area contributed by atoms with Gasteiger partial charge in [-0.1, -0.05) is 12.1 Å². The van der Waals surface area contributed by atoms with E-state index in [0.717, 1.165) is 62.6 Å². The lowest BCUT2D eigenvalue weighted by Crippen LogP contribution is -2.43. The van der Waals surface area contributed by atoms with Gasteiger partial charge in [-0.2, -0.15) is 5.10 Å². The molecule has 1 aromatic heterocycles. The molecular weight excluding hydrogens is 364 g/mol. The van der Waals surface area contributed by atoms with E-state index in [1.165, 1.54) is 5.56 Å². The van der Waals surface area contributed by atoms with Crippen molar-refractivity contribution in [2.45, 2.75) is 19.5 Å². The zero-order chi connectivity index (χ0) is 17.9. The average molecular weight is 391 g/mol. The fourth-order valence-electron chi connectivity index (χ4n) is 3.61. The molecule has 0 spiro atoms. The van der Waals surface area contributed by atoms with Gasteiger partial charge in [0.25, 0.3) is 5.91 Å². The highest BCUT2D eigenvalue weighted by molar-refractivity contribution is 6.04. The van der Waals surface area contributed by atoms with Crippen LogP contribution in [-0.2, 0) is 19.5 Å². The summed E-state index contributed by atoms with van der Waals surface area (Å²) in [5.74, 6) is -0.150. The number of halogens is 1. The van der Waals surface area contributed by atoms with E-state index in [-0.39, 0.29) is 18.3 Å². The van der Waals surface area contributed by atoms with Crippen LogP contribution in [0.2, 0.25) is 0 Å². The fraction of sp³-hybridized carbons (Fsp3) is 0.474. The van der Waals surface area contributed by atoms with Crippen molar-refractivity contribution in [2.24, 2.45) is 0 Å². The van der Waals surface area contributed by atoms with E-state index < -0.39 is 0 Å². The molecule has 3 heterocycles. The van der Waals surface area contributed by atoms with Crippen molar-refractivity contribution in [2.75, 3.05) is 45.1 Å². The molecule has 8 heteroatoms. The Morgan fingerprint density at radius 3 is 2.89 bits per heavy atom. The van der Waals surface area contributed by atoms with Gasteiger partial charge in [-0.05, 0) is 24.7 Å². The number of hydrogen-bond acceptors (Lipinski definition) is 5. The molecule has 2 aromatic rings. The molecule has 0 aliphatic carbocycles. The number of benzene rings is 1. The Kier molecular flexibility index (Phi) is 6.49. The largest absolute Gasteiger partial charge is 0.321 e. The van der Waals surface area contributed by atoms with Gasteiger partial charge >= 0.3 is 0 Å². The number of amides is 1. The molecule has 7 nitrogen and oxygen atoms in total. The Labute approximate surface area is 165 Å². The third-order valence-electron chi connectivity index (χ3n) is 5.21. The maximum atomic E-state index is 12.6. The first-order valence-corrected chi connectivity index (χ1v) is 9.27. The van der Waals surface area contributed by atoms with E-state index >= 15 is 0 Å². The molecule has 4 rings (SSSR count). The van der Waals surface area contributed by atoms with Crippen LogP contribution in [0.25, 0.3) is 0 Å². The lowest BCUT2D eigenvalue weighted by Gasteiger charge is -2.32. The maximum absolute atomic E-state index is 12.6. The highest BCUT2D eigenvalue weighted by Gasteiger charge is 2.21. The second-order valence-corrected chi connectivity index (χ2v) is 7.19. The number of aromatic amines is 1. The molecular formula is C19H27ClN6O. The number of nitrogens with one attached hydrogen (secondary N) is 3. The van der Waals surface area contributed by atoms with E-state index in [1.54, 1.807) is 0 Å². The number of piperazine rings is 1. The van der Waals surface area contributed by atoms with E-state index in [9.17, 15) is 4.79 Å². The van der Waals surface area contributed by atoms with Crippen LogP contribution >= 0.6 is 12.4 Å². The number of hydrogen-bond donors (Lipinski definition) is 3. The van der Waals surface area contributed by atoms with Crippen molar-refractivity contribution < 1.29 is 4.79 Å². The van der Waals surface area contributed by atoms with Crippen LogP contribution in [0.5, 0.6) is 0 Å². The molecule has 1 saturated heterocycles. The molecule has 146 valence electrons. The van der Waals surface area contributed by atoms with Crippen molar-refractivity contribution in [1.82, 2.24) is 25.3 Å². The van der Waals surface area contributed by atoms with Gasteiger partial charge in [0.05, 0.1) is 0 Å². The lowest BCUT2D eigenvalue weighted by molar-refractivity contribution is 0.102. The minimum atomic E-state index is -0.150. The molecule has 1 aromatic carbocycles. The molecule has 2 aliphatic heterocycles. The van der Waals surface area contributed by atoms with Gasteiger partial charge in [0, 0.05) is 69.2 Å². The standard InChI is InChI=1S/C19H26N6O.ClH/c1-24-7-9-25(10-8-24)13-14-3-2-4-15(11-14)21-19(26)18-16-12-20-6-5-17(16)22-23-18;/h2-4,11,20H,5-10,12-13H2,1H3,(H,21,26)(H,22,23);1H. The minimum Gasteiger partial charge on any atom is -0.321 e. The number of anilines is 1. The van der Waals surface area contributed by atoms with Crippen LogP contribution in [0.4, 0.5) is 5.69 Å². The van der Waals surface area contributed by atoms with E-state index in [2.05, 4.69) is 49.8 Å². The van der Waals surface area contributed by atoms with Crippen molar-refractivity contribution in [3.63, 3.8) is 0 Å². The highest BCUT2D eigenvalue weighted by Crippen LogP contribution is 2.18. The molecule has 27 heavy (non-hydrogen) atoms. The van der Waals surface area contributed by atoms with Crippen LogP contribution < -0.4 is 10.6 Å². The average Bonchev–Trinajstić information content (AvgIpc) is 3.08. The zero-order valence-corrected chi connectivity index (χ0v) is 16.4. The van der Waals surface area contributed by atoms with Gasteiger partial charge in [0.15, 0.2) is 5.69 Å². The van der Waals surface area contributed by atoms with Crippen molar-refractivity contribution in [1.29, 1.82) is 0 Å². The van der Waals surface area contributed by atoms with E-state index in [4.69, 9.17) is 0 Å². The zero-order valence-electron chi connectivity index (χ0n) is 15.6. The van der Waals surface area contributed by atoms with E-state index in [1.807, 2.05) is 12.1 Å². The number of nitrogens with zero attached hydrogens (tertiary/aromatic N) is 3. The quantitative estimate of drug-likeness (QED) is 0.737. The van der Waals surface area contributed by atoms with Crippen molar-refractivity contribution >= 4 is 24.0 Å². The second kappa shape index (κ2) is 8.84. The SMILES string of the molecule is CN1CCN(Cc2cccc(NC(=O)c3n[nH]c4c3CNCC4)c2)CC1.Cl. The molecule has 0 radical (unpaired) electrons. The molecule has 2 aliphatic rings. The minimum absolute atomic E-state index is 0. The van der Waals surface area contributed by atoms with Gasteiger partial charge < -0.3 is 15.5 Å². The summed E-state index contributed by atoms with van der Waals surface area (Å²) in [4.78, 5) is 17.5. The van der Waals surface area contributed by atoms with Gasteiger partial charge in [0.2, 0.25) is 0 Å². The Balaban J connectivity index is 0.00000210. The Morgan fingerprint density at radius 1 is 1.26 bits per heavy atom. The van der Waals surface area contributed by atoms with Crippen LogP contribution in [-0.4, -0.2) is 65.7 Å². The fourth-order valence-corrected chi connectivity index (χ4v) is 3.61. The summed E-state index contributed by atoms with van der Waals surface area (Å²) in [5.41, 5.74) is 4.59. The molecule has 1 fully saturated rings. The summed E-state index contributed by atoms with van der Waals surface area (Å²) in [6, 6.07) is 8.12. The predicted octanol–water partition coefficient (Wildman–Crippen LogP) is 1.48. The first kappa shape index (κ1) is 19.8. The lowest BCUT2D eigenvalue weighted by atomic mass is 10.1. The van der Waals surface area contributed by atoms with Gasteiger partial charge in [-0.3, -0.25) is 14.8 Å². The summed E-state index contributed by atoms with van der Waals surface area (Å²) in [5, 5.41) is 13.5. The first-order valence-electron chi connectivity index (χ1n) is 9.27. The van der Waals surface area contributed by atoms with E-state index in [0.29, 0.717) is 12.2 Å². The first-order chi connectivity index (χ1) is 12.7. The summed E-state index contributed by atoms with van der Waals surface area (Å²) in [6.45, 7) is 6.91. The third-order valence-corrected chi connectivity index (χ3v) is 5.21. The number of carbonyl (C=O) groups excluding carboxylic acids is 1. The second-order valence-electron chi connectivity index (χ2n) is 7.19. The number of H-pyrrole nitrogens is 1. The summed E-state index contributed by atoms with van der Waals surface area (Å²) in [6.07, 6.45) is 0.885. The maximum Gasteiger partial charge on any atom is 0.276 e. The van der Waals surface area contributed by atoms with Crippen LogP contribution in [0.3, 0.4) is 0 Å². The van der Waals surface area contributed by atoms with Crippen molar-refractivity contribution in [3.05, 3.63) is 46.8 Å².